The Bertz CT molecular complexity index is 266. The van der Waals surface area contributed by atoms with Gasteiger partial charge in [-0.15, -0.1) is 0 Å². The SMILES string of the molecule is C=C(Br)/C=C(\CC)CC(C)(C)CCC(C)OC. The zero-order valence-electron chi connectivity index (χ0n) is 12.0. The molecular weight excluding hydrogens is 276 g/mol. The fourth-order valence-corrected chi connectivity index (χ4v) is 2.24. The van der Waals surface area contributed by atoms with Gasteiger partial charge in [0.15, 0.2) is 0 Å². The Hall–Kier alpha value is -0.0800. The molecule has 0 aromatic heterocycles. The Labute approximate surface area is 115 Å². The molecule has 0 bridgehead atoms. The summed E-state index contributed by atoms with van der Waals surface area (Å²) in [5.74, 6) is 0. The van der Waals surface area contributed by atoms with E-state index in [0.29, 0.717) is 11.5 Å². The van der Waals surface area contributed by atoms with E-state index in [2.05, 4.69) is 56.3 Å². The molecule has 0 aromatic carbocycles. The van der Waals surface area contributed by atoms with E-state index in [9.17, 15) is 0 Å². The minimum absolute atomic E-state index is 0.330. The molecule has 1 atom stereocenters. The molecule has 17 heavy (non-hydrogen) atoms. The molecule has 0 radical (unpaired) electrons. The van der Waals surface area contributed by atoms with Crippen LogP contribution in [0, 0.1) is 5.41 Å². The molecule has 0 aliphatic carbocycles. The molecule has 0 saturated carbocycles. The number of halogens is 1. The summed E-state index contributed by atoms with van der Waals surface area (Å²) in [6.45, 7) is 12.9. The fourth-order valence-electron chi connectivity index (χ4n) is 1.91. The van der Waals surface area contributed by atoms with Crippen LogP contribution >= 0.6 is 15.9 Å². The average Bonchev–Trinajstić information content (AvgIpc) is 2.24. The predicted octanol–water partition coefficient (Wildman–Crippen LogP) is 5.46. The van der Waals surface area contributed by atoms with Crippen LogP contribution in [-0.4, -0.2) is 13.2 Å². The second-order valence-electron chi connectivity index (χ2n) is 5.53. The summed E-state index contributed by atoms with van der Waals surface area (Å²) in [7, 11) is 1.78. The highest BCUT2D eigenvalue weighted by molar-refractivity contribution is 9.11. The molecule has 0 amide bonds. The zero-order chi connectivity index (χ0) is 13.5. The molecule has 0 fully saturated rings. The van der Waals surface area contributed by atoms with Crippen molar-refractivity contribution in [3.63, 3.8) is 0 Å². The number of hydrogen-bond acceptors (Lipinski definition) is 1. The van der Waals surface area contributed by atoms with Gasteiger partial charge in [0.25, 0.3) is 0 Å². The fraction of sp³-hybridized carbons (Fsp3) is 0.733. The van der Waals surface area contributed by atoms with Crippen LogP contribution in [-0.2, 0) is 4.74 Å². The predicted molar refractivity (Wildman–Crippen MR) is 80.5 cm³/mol. The topological polar surface area (TPSA) is 9.23 Å². The monoisotopic (exact) mass is 302 g/mol. The second kappa shape index (κ2) is 8.10. The number of rotatable bonds is 8. The van der Waals surface area contributed by atoms with Crippen molar-refractivity contribution in [2.45, 2.75) is 59.5 Å². The summed E-state index contributed by atoms with van der Waals surface area (Å²) < 4.78 is 6.27. The molecule has 0 aromatic rings. The molecule has 100 valence electrons. The summed E-state index contributed by atoms with van der Waals surface area (Å²) in [6, 6.07) is 0. The molecule has 1 nitrogen and oxygen atoms in total. The standard InChI is InChI=1S/C15H27BrO/c1-7-14(10-12(2)16)11-15(4,5)9-8-13(3)17-6/h10,13H,2,7-9,11H2,1,3-6H3/b14-10+. The number of methoxy groups -OCH3 is 1. The minimum Gasteiger partial charge on any atom is -0.382 e. The second-order valence-corrected chi connectivity index (χ2v) is 6.55. The van der Waals surface area contributed by atoms with E-state index in [1.807, 2.05) is 0 Å². The van der Waals surface area contributed by atoms with Gasteiger partial charge in [-0.1, -0.05) is 48.9 Å². The quantitative estimate of drug-likeness (QED) is 0.541. The Kier molecular flexibility index (Phi) is 8.06. The summed E-state index contributed by atoms with van der Waals surface area (Å²) in [4.78, 5) is 0. The van der Waals surface area contributed by atoms with E-state index in [-0.39, 0.29) is 0 Å². The van der Waals surface area contributed by atoms with Crippen LogP contribution in [0.3, 0.4) is 0 Å². The molecule has 1 unspecified atom stereocenters. The Morgan fingerprint density at radius 3 is 2.47 bits per heavy atom. The van der Waals surface area contributed by atoms with Crippen molar-refractivity contribution in [3.05, 3.63) is 22.7 Å². The minimum atomic E-state index is 0.330. The molecule has 2 heteroatoms. The van der Waals surface area contributed by atoms with Gasteiger partial charge in [0.1, 0.15) is 0 Å². The van der Waals surface area contributed by atoms with E-state index < -0.39 is 0 Å². The van der Waals surface area contributed by atoms with E-state index in [1.54, 1.807) is 7.11 Å². The van der Waals surface area contributed by atoms with E-state index in [0.717, 1.165) is 23.7 Å². The number of allylic oxidation sites excluding steroid dienone is 3. The van der Waals surface area contributed by atoms with Gasteiger partial charge in [-0.3, -0.25) is 0 Å². The van der Waals surface area contributed by atoms with Crippen LogP contribution < -0.4 is 0 Å². The highest BCUT2D eigenvalue weighted by Crippen LogP contribution is 2.33. The van der Waals surface area contributed by atoms with Crippen molar-refractivity contribution in [3.8, 4) is 0 Å². The van der Waals surface area contributed by atoms with Crippen LogP contribution in [0.25, 0.3) is 0 Å². The summed E-state index contributed by atoms with van der Waals surface area (Å²) in [5.41, 5.74) is 1.79. The maximum atomic E-state index is 5.31. The van der Waals surface area contributed by atoms with Gasteiger partial charge >= 0.3 is 0 Å². The highest BCUT2D eigenvalue weighted by Gasteiger charge is 2.20. The van der Waals surface area contributed by atoms with Crippen LogP contribution in [0.2, 0.25) is 0 Å². The third-order valence-electron chi connectivity index (χ3n) is 3.15. The van der Waals surface area contributed by atoms with E-state index >= 15 is 0 Å². The third-order valence-corrected chi connectivity index (χ3v) is 3.38. The molecule has 0 aliphatic heterocycles. The van der Waals surface area contributed by atoms with Crippen molar-refractivity contribution in [2.75, 3.05) is 7.11 Å². The lowest BCUT2D eigenvalue weighted by molar-refractivity contribution is 0.0969. The summed E-state index contributed by atoms with van der Waals surface area (Å²) in [6.07, 6.45) is 7.04. The van der Waals surface area contributed by atoms with Crippen LogP contribution in [0.4, 0.5) is 0 Å². The summed E-state index contributed by atoms with van der Waals surface area (Å²) >= 11 is 3.41. The lowest BCUT2D eigenvalue weighted by Crippen LogP contribution is -2.16. The smallest absolute Gasteiger partial charge is 0.0543 e. The molecule has 0 heterocycles. The Balaban J connectivity index is 4.35. The van der Waals surface area contributed by atoms with Gasteiger partial charge < -0.3 is 4.74 Å². The lowest BCUT2D eigenvalue weighted by Gasteiger charge is -2.27. The van der Waals surface area contributed by atoms with E-state index in [4.69, 9.17) is 4.74 Å². The molecular formula is C15H27BrO. The van der Waals surface area contributed by atoms with Crippen molar-refractivity contribution >= 4 is 15.9 Å². The normalized spacial score (nSPS) is 14.8. The van der Waals surface area contributed by atoms with Crippen LogP contribution in [0.15, 0.2) is 22.7 Å². The van der Waals surface area contributed by atoms with Crippen molar-refractivity contribution < 1.29 is 4.74 Å². The molecule has 0 saturated heterocycles. The van der Waals surface area contributed by atoms with E-state index in [1.165, 1.54) is 12.0 Å². The first-order chi connectivity index (χ1) is 7.80. The number of ether oxygens (including phenoxy) is 1. The largest absolute Gasteiger partial charge is 0.382 e. The molecule has 0 spiro atoms. The maximum Gasteiger partial charge on any atom is 0.0543 e. The van der Waals surface area contributed by atoms with Crippen LogP contribution in [0.5, 0.6) is 0 Å². The van der Waals surface area contributed by atoms with Gasteiger partial charge in [-0.2, -0.15) is 0 Å². The van der Waals surface area contributed by atoms with Crippen LogP contribution in [0.1, 0.15) is 53.4 Å². The number of hydrogen-bond donors (Lipinski definition) is 0. The van der Waals surface area contributed by atoms with Crippen molar-refractivity contribution in [1.82, 2.24) is 0 Å². The first-order valence-corrected chi connectivity index (χ1v) is 7.16. The first-order valence-electron chi connectivity index (χ1n) is 6.37. The highest BCUT2D eigenvalue weighted by atomic mass is 79.9. The van der Waals surface area contributed by atoms with Gasteiger partial charge in [0, 0.05) is 11.6 Å². The Morgan fingerprint density at radius 1 is 1.47 bits per heavy atom. The van der Waals surface area contributed by atoms with Crippen molar-refractivity contribution in [2.24, 2.45) is 5.41 Å². The average molecular weight is 303 g/mol. The van der Waals surface area contributed by atoms with Gasteiger partial charge in [0.05, 0.1) is 6.10 Å². The van der Waals surface area contributed by atoms with Gasteiger partial charge in [-0.25, -0.2) is 0 Å². The molecule has 0 aliphatic rings. The lowest BCUT2D eigenvalue weighted by atomic mass is 9.80. The Morgan fingerprint density at radius 2 is 2.06 bits per heavy atom. The van der Waals surface area contributed by atoms with Gasteiger partial charge in [0.2, 0.25) is 0 Å². The molecule has 0 N–H and O–H groups in total. The van der Waals surface area contributed by atoms with Gasteiger partial charge in [-0.05, 0) is 44.1 Å². The summed E-state index contributed by atoms with van der Waals surface area (Å²) in [5, 5.41) is 0. The molecule has 0 rings (SSSR count). The van der Waals surface area contributed by atoms with Crippen molar-refractivity contribution in [1.29, 1.82) is 0 Å². The maximum absolute atomic E-state index is 5.31. The first kappa shape index (κ1) is 16.9. The third kappa shape index (κ3) is 8.62. The zero-order valence-corrected chi connectivity index (χ0v) is 13.6.